The van der Waals surface area contributed by atoms with Crippen molar-refractivity contribution < 1.29 is 14.6 Å². The molecule has 0 bridgehead atoms. The Bertz CT molecular complexity index is 504. The third-order valence-electron chi connectivity index (χ3n) is 4.03. The number of benzene rings is 1. The zero-order valence-electron chi connectivity index (χ0n) is 13.3. The van der Waals surface area contributed by atoms with Crippen LogP contribution in [0.2, 0.25) is 0 Å². The summed E-state index contributed by atoms with van der Waals surface area (Å²) in [5.74, 6) is 0.204. The fourth-order valence-electron chi connectivity index (χ4n) is 2.72. The molecule has 116 valence electrons. The second kappa shape index (κ2) is 5.68. The van der Waals surface area contributed by atoms with Gasteiger partial charge in [-0.1, -0.05) is 29.8 Å². The quantitative estimate of drug-likeness (QED) is 0.897. The second-order valence-electron chi connectivity index (χ2n) is 6.96. The van der Waals surface area contributed by atoms with E-state index in [-0.39, 0.29) is 17.9 Å². The highest BCUT2D eigenvalue weighted by molar-refractivity contribution is 5.68. The van der Waals surface area contributed by atoms with Crippen LogP contribution in [0.3, 0.4) is 0 Å². The molecule has 0 radical (unpaired) electrons. The van der Waals surface area contributed by atoms with E-state index in [1.54, 1.807) is 0 Å². The van der Waals surface area contributed by atoms with Gasteiger partial charge >= 0.3 is 6.09 Å². The molecule has 0 aromatic heterocycles. The lowest BCUT2D eigenvalue weighted by atomic mass is 9.92. The van der Waals surface area contributed by atoms with E-state index < -0.39 is 11.7 Å². The first kappa shape index (κ1) is 15.8. The first-order valence-corrected chi connectivity index (χ1v) is 7.42. The summed E-state index contributed by atoms with van der Waals surface area (Å²) < 4.78 is 5.27. The SMILES string of the molecule is Cc1ccc([C@]2(CNC(=O)OC(C)(C)C)C[C@H]2CO)cc1. The summed E-state index contributed by atoms with van der Waals surface area (Å²) in [5.41, 5.74) is 1.72. The summed E-state index contributed by atoms with van der Waals surface area (Å²) in [5, 5.41) is 12.3. The van der Waals surface area contributed by atoms with Gasteiger partial charge in [0.25, 0.3) is 0 Å². The predicted octanol–water partition coefficient (Wildman–Crippen LogP) is 2.77. The van der Waals surface area contributed by atoms with Crippen molar-refractivity contribution in [3.05, 3.63) is 35.4 Å². The monoisotopic (exact) mass is 291 g/mol. The maximum absolute atomic E-state index is 11.8. The van der Waals surface area contributed by atoms with E-state index in [2.05, 4.69) is 29.6 Å². The number of alkyl carbamates (subject to hydrolysis) is 1. The minimum Gasteiger partial charge on any atom is -0.444 e. The first-order valence-electron chi connectivity index (χ1n) is 7.42. The molecule has 1 aromatic carbocycles. The van der Waals surface area contributed by atoms with E-state index >= 15 is 0 Å². The van der Waals surface area contributed by atoms with Gasteiger partial charge in [-0.05, 0) is 45.6 Å². The Balaban J connectivity index is 2.04. The molecule has 4 nitrogen and oxygen atoms in total. The molecule has 2 atom stereocenters. The minimum atomic E-state index is -0.499. The Morgan fingerprint density at radius 3 is 2.48 bits per heavy atom. The number of nitrogens with one attached hydrogen (secondary N) is 1. The van der Waals surface area contributed by atoms with Crippen LogP contribution in [-0.4, -0.2) is 30.0 Å². The summed E-state index contributed by atoms with van der Waals surface area (Å²) in [6.45, 7) is 8.22. The van der Waals surface area contributed by atoms with Gasteiger partial charge in [0.2, 0.25) is 0 Å². The molecular weight excluding hydrogens is 266 g/mol. The van der Waals surface area contributed by atoms with Gasteiger partial charge in [0.15, 0.2) is 0 Å². The summed E-state index contributed by atoms with van der Waals surface area (Å²) >= 11 is 0. The fraction of sp³-hybridized carbons (Fsp3) is 0.588. The number of aliphatic hydroxyl groups excluding tert-OH is 1. The van der Waals surface area contributed by atoms with E-state index in [0.29, 0.717) is 6.54 Å². The molecule has 0 spiro atoms. The number of hydrogen-bond acceptors (Lipinski definition) is 3. The number of carbonyl (C=O) groups excluding carboxylic acids is 1. The standard InChI is InChI=1S/C17H25NO3/c1-12-5-7-13(8-6-12)17(9-14(17)10-19)11-18-15(20)21-16(2,3)4/h5-8,14,19H,9-11H2,1-4H3,(H,18,20)/t14-,17+/m0/s1. The van der Waals surface area contributed by atoms with Crippen molar-refractivity contribution in [1.82, 2.24) is 5.32 Å². The molecule has 4 heteroatoms. The molecule has 1 amide bonds. The molecular formula is C17H25NO3. The fourth-order valence-corrected chi connectivity index (χ4v) is 2.72. The third-order valence-corrected chi connectivity index (χ3v) is 4.03. The Labute approximate surface area is 126 Å². The minimum absolute atomic E-state index is 0.143. The van der Waals surface area contributed by atoms with E-state index in [9.17, 15) is 9.90 Å². The summed E-state index contributed by atoms with van der Waals surface area (Å²) in [6.07, 6.45) is 0.486. The van der Waals surface area contributed by atoms with Crippen molar-refractivity contribution >= 4 is 6.09 Å². The summed E-state index contributed by atoms with van der Waals surface area (Å²) in [7, 11) is 0. The van der Waals surface area contributed by atoms with Gasteiger partial charge in [-0.3, -0.25) is 0 Å². The van der Waals surface area contributed by atoms with E-state index in [0.717, 1.165) is 6.42 Å². The molecule has 0 aliphatic heterocycles. The lowest BCUT2D eigenvalue weighted by Crippen LogP contribution is -2.37. The number of hydrogen-bond donors (Lipinski definition) is 2. The number of rotatable bonds is 4. The van der Waals surface area contributed by atoms with Crippen LogP contribution in [0.5, 0.6) is 0 Å². The molecule has 2 rings (SSSR count). The molecule has 0 saturated heterocycles. The molecule has 2 N–H and O–H groups in total. The number of aliphatic hydroxyl groups is 1. The molecule has 1 saturated carbocycles. The van der Waals surface area contributed by atoms with Crippen LogP contribution in [0.25, 0.3) is 0 Å². The van der Waals surface area contributed by atoms with E-state index in [1.165, 1.54) is 11.1 Å². The van der Waals surface area contributed by atoms with Gasteiger partial charge in [-0.2, -0.15) is 0 Å². The molecule has 0 unspecified atom stereocenters. The Morgan fingerprint density at radius 2 is 2.00 bits per heavy atom. The van der Waals surface area contributed by atoms with Gasteiger partial charge in [0.05, 0.1) is 0 Å². The molecule has 1 aromatic rings. The maximum Gasteiger partial charge on any atom is 0.407 e. The highest BCUT2D eigenvalue weighted by Gasteiger charge is 2.54. The Hall–Kier alpha value is -1.55. The topological polar surface area (TPSA) is 58.6 Å². The number of ether oxygens (including phenoxy) is 1. The van der Waals surface area contributed by atoms with Crippen LogP contribution >= 0.6 is 0 Å². The van der Waals surface area contributed by atoms with Crippen molar-refractivity contribution in [3.63, 3.8) is 0 Å². The third kappa shape index (κ3) is 3.76. The maximum atomic E-state index is 11.8. The average molecular weight is 291 g/mol. The van der Waals surface area contributed by atoms with E-state index in [1.807, 2.05) is 27.7 Å². The summed E-state index contributed by atoms with van der Waals surface area (Å²) in [6, 6.07) is 8.30. The van der Waals surface area contributed by atoms with Crippen molar-refractivity contribution in [2.75, 3.05) is 13.2 Å². The van der Waals surface area contributed by atoms with Gasteiger partial charge in [0.1, 0.15) is 5.60 Å². The van der Waals surface area contributed by atoms with Crippen molar-refractivity contribution in [2.24, 2.45) is 5.92 Å². The number of amides is 1. The normalized spacial score (nSPS) is 24.5. The van der Waals surface area contributed by atoms with E-state index in [4.69, 9.17) is 4.74 Å². The largest absolute Gasteiger partial charge is 0.444 e. The lowest BCUT2D eigenvalue weighted by molar-refractivity contribution is 0.0520. The van der Waals surface area contributed by atoms with Crippen LogP contribution in [-0.2, 0) is 10.2 Å². The lowest BCUT2D eigenvalue weighted by Gasteiger charge is -2.23. The van der Waals surface area contributed by atoms with Crippen LogP contribution in [0.15, 0.2) is 24.3 Å². The van der Waals surface area contributed by atoms with Crippen molar-refractivity contribution in [1.29, 1.82) is 0 Å². The Morgan fingerprint density at radius 1 is 1.38 bits per heavy atom. The highest BCUT2D eigenvalue weighted by atomic mass is 16.6. The molecule has 1 fully saturated rings. The van der Waals surface area contributed by atoms with Crippen LogP contribution in [0.1, 0.15) is 38.3 Å². The highest BCUT2D eigenvalue weighted by Crippen LogP contribution is 2.53. The van der Waals surface area contributed by atoms with Crippen LogP contribution < -0.4 is 5.32 Å². The van der Waals surface area contributed by atoms with Crippen LogP contribution in [0.4, 0.5) is 4.79 Å². The van der Waals surface area contributed by atoms with Gasteiger partial charge in [0, 0.05) is 18.6 Å². The molecule has 0 heterocycles. The average Bonchev–Trinajstić information content (AvgIpc) is 3.10. The second-order valence-corrected chi connectivity index (χ2v) is 6.96. The number of aryl methyl sites for hydroxylation is 1. The van der Waals surface area contributed by atoms with Crippen molar-refractivity contribution in [3.8, 4) is 0 Å². The van der Waals surface area contributed by atoms with Crippen molar-refractivity contribution in [2.45, 2.75) is 45.1 Å². The predicted molar refractivity (Wildman–Crippen MR) is 82.3 cm³/mol. The molecule has 1 aliphatic rings. The summed E-state index contributed by atoms with van der Waals surface area (Å²) in [4.78, 5) is 11.8. The smallest absolute Gasteiger partial charge is 0.407 e. The number of carbonyl (C=O) groups is 1. The Kier molecular flexibility index (Phi) is 4.28. The molecule has 1 aliphatic carbocycles. The first-order chi connectivity index (χ1) is 9.77. The van der Waals surface area contributed by atoms with Gasteiger partial charge in [-0.15, -0.1) is 0 Å². The zero-order valence-corrected chi connectivity index (χ0v) is 13.3. The van der Waals surface area contributed by atoms with Gasteiger partial charge in [-0.25, -0.2) is 4.79 Å². The zero-order chi connectivity index (χ0) is 15.7. The molecule has 21 heavy (non-hydrogen) atoms. The van der Waals surface area contributed by atoms with Crippen LogP contribution in [0, 0.1) is 12.8 Å². The van der Waals surface area contributed by atoms with Gasteiger partial charge < -0.3 is 15.2 Å².